The maximum absolute atomic E-state index is 12.5. The Kier molecular flexibility index (Phi) is 6.25. The maximum Gasteiger partial charge on any atom is 0.414 e. The lowest BCUT2D eigenvalue weighted by molar-refractivity contribution is 0.0561. The second-order valence-electron chi connectivity index (χ2n) is 6.73. The molecule has 2 amide bonds. The summed E-state index contributed by atoms with van der Waals surface area (Å²) in [5, 5.41) is 14.3. The van der Waals surface area contributed by atoms with Gasteiger partial charge in [0.1, 0.15) is 5.60 Å². The van der Waals surface area contributed by atoms with Crippen molar-refractivity contribution in [1.29, 1.82) is 5.41 Å². The van der Waals surface area contributed by atoms with Crippen LogP contribution in [0.1, 0.15) is 41.6 Å². The highest BCUT2D eigenvalue weighted by Crippen LogP contribution is 2.24. The van der Waals surface area contributed by atoms with E-state index in [0.717, 1.165) is 14.9 Å². The number of hydrogen-bond acceptors (Lipinski definition) is 5. The van der Waals surface area contributed by atoms with E-state index in [2.05, 4.69) is 26.6 Å². The number of carbonyl (C=O) groups excluding carboxylic acids is 2. The number of nitrogens with one attached hydrogen (secondary N) is 3. The largest absolute Gasteiger partial charge is 0.444 e. The van der Waals surface area contributed by atoms with Gasteiger partial charge in [0.2, 0.25) is 5.96 Å². The van der Waals surface area contributed by atoms with Crippen molar-refractivity contribution in [3.05, 3.63) is 44.3 Å². The van der Waals surface area contributed by atoms with Crippen molar-refractivity contribution < 1.29 is 14.3 Å². The molecule has 0 aliphatic heterocycles. The minimum absolute atomic E-state index is 0.432. The molecule has 0 spiro atoms. The van der Waals surface area contributed by atoms with Crippen molar-refractivity contribution in [2.75, 3.05) is 0 Å². The molecule has 0 saturated carbocycles. The topological polar surface area (TPSA) is 96.2 Å². The van der Waals surface area contributed by atoms with Gasteiger partial charge in [-0.15, -0.1) is 11.3 Å². The molecule has 0 atom stereocenters. The molecule has 2 aromatic rings. The number of hydrogen-bond donors (Lipinski definition) is 3. The van der Waals surface area contributed by atoms with Crippen LogP contribution < -0.4 is 10.6 Å². The van der Waals surface area contributed by atoms with E-state index in [4.69, 9.17) is 10.1 Å². The van der Waals surface area contributed by atoms with Crippen LogP contribution in [-0.4, -0.2) is 28.1 Å². The fourth-order valence-corrected chi connectivity index (χ4v) is 3.71. The Hall–Kier alpha value is -2.13. The predicted octanol–water partition coefficient (Wildman–Crippen LogP) is 3.63. The lowest BCUT2D eigenvalue weighted by Crippen LogP contribution is -2.45. The van der Waals surface area contributed by atoms with E-state index < -0.39 is 23.6 Å². The molecule has 2 rings (SSSR count). The second kappa shape index (κ2) is 8.05. The zero-order valence-corrected chi connectivity index (χ0v) is 17.4. The first-order valence-electron chi connectivity index (χ1n) is 7.81. The molecule has 0 radical (unpaired) electrons. The molecule has 2 aromatic heterocycles. The molecule has 0 bridgehead atoms. The third-order valence-corrected chi connectivity index (χ3v) is 4.83. The summed E-state index contributed by atoms with van der Waals surface area (Å²) in [6.45, 7) is 5.15. The number of rotatable bonds is 3. The maximum atomic E-state index is 12.5. The average Bonchev–Trinajstić information content (AvgIpc) is 3.02. The number of ether oxygens (including phenoxy) is 1. The lowest BCUT2D eigenvalue weighted by Gasteiger charge is -2.19. The van der Waals surface area contributed by atoms with Crippen molar-refractivity contribution in [2.24, 2.45) is 7.05 Å². The normalized spacial score (nSPS) is 11.1. The first-order chi connectivity index (χ1) is 12.0. The molecule has 0 saturated heterocycles. The fourth-order valence-electron chi connectivity index (χ4n) is 2.24. The Morgan fingerprint density at radius 3 is 2.58 bits per heavy atom. The SMILES string of the molecule is Cn1cc(Cc2cc(Br)cs2)c(C(=O)NC(=N)NC(=O)OC(C)(C)C)c1. The molecule has 140 valence electrons. The molecule has 0 aliphatic carbocycles. The van der Waals surface area contributed by atoms with Crippen LogP contribution in [0.4, 0.5) is 4.79 Å². The van der Waals surface area contributed by atoms with Gasteiger partial charge in [0.05, 0.1) is 5.56 Å². The molecule has 0 unspecified atom stereocenters. The highest BCUT2D eigenvalue weighted by molar-refractivity contribution is 9.10. The third-order valence-electron chi connectivity index (χ3n) is 3.13. The molecule has 7 nitrogen and oxygen atoms in total. The van der Waals surface area contributed by atoms with Crippen LogP contribution in [0, 0.1) is 5.41 Å². The van der Waals surface area contributed by atoms with Gasteiger partial charge in [-0.2, -0.15) is 0 Å². The van der Waals surface area contributed by atoms with E-state index in [1.54, 1.807) is 42.9 Å². The lowest BCUT2D eigenvalue weighted by atomic mass is 10.1. The van der Waals surface area contributed by atoms with Gasteiger partial charge in [0, 0.05) is 40.6 Å². The molecule has 2 heterocycles. The van der Waals surface area contributed by atoms with Gasteiger partial charge in [0.25, 0.3) is 5.91 Å². The van der Waals surface area contributed by atoms with E-state index in [1.165, 1.54) is 0 Å². The van der Waals surface area contributed by atoms with Gasteiger partial charge in [0.15, 0.2) is 0 Å². The van der Waals surface area contributed by atoms with Gasteiger partial charge in [-0.1, -0.05) is 0 Å². The summed E-state index contributed by atoms with van der Waals surface area (Å²) in [5.74, 6) is -0.893. The summed E-state index contributed by atoms with van der Waals surface area (Å²) >= 11 is 5.02. The number of alkyl carbamates (subject to hydrolysis) is 1. The van der Waals surface area contributed by atoms with Crippen LogP contribution in [0.25, 0.3) is 0 Å². The Labute approximate surface area is 164 Å². The Morgan fingerprint density at radius 1 is 1.31 bits per heavy atom. The van der Waals surface area contributed by atoms with Crippen LogP contribution in [0.5, 0.6) is 0 Å². The number of carbonyl (C=O) groups is 2. The van der Waals surface area contributed by atoms with Crippen LogP contribution in [0.3, 0.4) is 0 Å². The smallest absolute Gasteiger partial charge is 0.414 e. The zero-order chi connectivity index (χ0) is 19.5. The molecule has 26 heavy (non-hydrogen) atoms. The van der Waals surface area contributed by atoms with Crippen LogP contribution in [-0.2, 0) is 18.2 Å². The number of guanidine groups is 1. The van der Waals surface area contributed by atoms with E-state index in [1.807, 2.05) is 24.7 Å². The molecular weight excluding hydrogens is 420 g/mol. The van der Waals surface area contributed by atoms with E-state index in [0.29, 0.717) is 12.0 Å². The van der Waals surface area contributed by atoms with Crippen molar-refractivity contribution in [2.45, 2.75) is 32.8 Å². The molecule has 0 fully saturated rings. The minimum Gasteiger partial charge on any atom is -0.444 e. The van der Waals surface area contributed by atoms with Crippen molar-refractivity contribution in [1.82, 2.24) is 15.2 Å². The number of aromatic nitrogens is 1. The first-order valence-corrected chi connectivity index (χ1v) is 9.48. The number of thiophene rings is 1. The van der Waals surface area contributed by atoms with Gasteiger partial charge < -0.3 is 9.30 Å². The van der Waals surface area contributed by atoms with Crippen molar-refractivity contribution >= 4 is 45.2 Å². The molecule has 0 aliphatic rings. The number of halogens is 1. The number of nitrogens with zero attached hydrogens (tertiary/aromatic N) is 1. The van der Waals surface area contributed by atoms with Crippen molar-refractivity contribution in [3.8, 4) is 0 Å². The second-order valence-corrected chi connectivity index (χ2v) is 8.64. The third kappa shape index (κ3) is 5.99. The Morgan fingerprint density at radius 2 is 2.00 bits per heavy atom. The number of aryl methyl sites for hydroxylation is 1. The molecule has 3 N–H and O–H groups in total. The van der Waals surface area contributed by atoms with Crippen LogP contribution in [0.15, 0.2) is 28.3 Å². The first kappa shape index (κ1) is 20.2. The summed E-state index contributed by atoms with van der Waals surface area (Å²) in [5.41, 5.74) is 0.604. The zero-order valence-electron chi connectivity index (χ0n) is 15.0. The summed E-state index contributed by atoms with van der Waals surface area (Å²) in [6, 6.07) is 2.01. The quantitative estimate of drug-likeness (QED) is 0.501. The monoisotopic (exact) mass is 440 g/mol. The minimum atomic E-state index is -0.792. The molecule has 0 aromatic carbocycles. The highest BCUT2D eigenvalue weighted by atomic mass is 79.9. The fraction of sp³-hybridized carbons (Fsp3) is 0.353. The molecular formula is C17H21BrN4O3S. The molecule has 9 heteroatoms. The van der Waals surface area contributed by atoms with Crippen molar-refractivity contribution in [3.63, 3.8) is 0 Å². The standard InChI is InChI=1S/C17H21BrN4O3S/c1-17(2,3)25-16(24)21-15(19)20-14(23)13-8-22(4)7-10(13)5-12-6-11(18)9-26-12/h6-9H,5H2,1-4H3,(H3,19,20,21,23,24). The number of amides is 2. The van der Waals surface area contributed by atoms with E-state index in [-0.39, 0.29) is 0 Å². The van der Waals surface area contributed by atoms with Gasteiger partial charge in [-0.3, -0.25) is 20.8 Å². The van der Waals surface area contributed by atoms with Gasteiger partial charge in [-0.25, -0.2) is 4.79 Å². The summed E-state index contributed by atoms with van der Waals surface area (Å²) < 4.78 is 7.85. The summed E-state index contributed by atoms with van der Waals surface area (Å²) in [6.07, 6.45) is 3.37. The van der Waals surface area contributed by atoms with Crippen LogP contribution in [0.2, 0.25) is 0 Å². The summed E-state index contributed by atoms with van der Waals surface area (Å²) in [7, 11) is 1.83. The highest BCUT2D eigenvalue weighted by Gasteiger charge is 2.20. The van der Waals surface area contributed by atoms with Gasteiger partial charge >= 0.3 is 6.09 Å². The summed E-state index contributed by atoms with van der Waals surface area (Å²) in [4.78, 5) is 25.3. The van der Waals surface area contributed by atoms with E-state index >= 15 is 0 Å². The Balaban J connectivity index is 2.03. The van der Waals surface area contributed by atoms with Gasteiger partial charge in [-0.05, 0) is 48.3 Å². The predicted molar refractivity (Wildman–Crippen MR) is 105 cm³/mol. The average molecular weight is 441 g/mol. The van der Waals surface area contributed by atoms with E-state index in [9.17, 15) is 9.59 Å². The Bertz CT molecular complexity index is 835. The van der Waals surface area contributed by atoms with Crippen LogP contribution >= 0.6 is 27.3 Å².